The van der Waals surface area contributed by atoms with Gasteiger partial charge in [-0.3, -0.25) is 0 Å². The van der Waals surface area contributed by atoms with Crippen LogP contribution in [0.25, 0.3) is 0 Å². The maximum atomic E-state index is 11.6. The number of carbonyl (C=O) groups excluding carboxylic acids is 1. The fraction of sp³-hybridized carbons (Fsp3) is 0.588. The Balaban J connectivity index is 2.05. The summed E-state index contributed by atoms with van der Waals surface area (Å²) in [5.74, 6) is -0.218. The molecule has 0 unspecified atom stereocenters. The van der Waals surface area contributed by atoms with E-state index in [0.717, 1.165) is 19.4 Å². The van der Waals surface area contributed by atoms with Crippen molar-refractivity contribution in [3.05, 3.63) is 27.2 Å². The van der Waals surface area contributed by atoms with E-state index in [1.165, 1.54) is 12.1 Å². The van der Waals surface area contributed by atoms with E-state index < -0.39 is 5.97 Å². The molecular weight excluding hydrogens is 391 g/mol. The van der Waals surface area contributed by atoms with Crippen LogP contribution in [0.5, 0.6) is 5.75 Å². The maximum Gasteiger partial charge on any atom is 0.344 e. The largest absolute Gasteiger partial charge is 0.480 e. The number of benzene rings is 1. The topological polar surface area (TPSA) is 54.0 Å². The number of esters is 1. The monoisotopic (exact) mass is 412 g/mol. The van der Waals surface area contributed by atoms with Gasteiger partial charge in [0.05, 0.1) is 34.9 Å². The lowest BCUT2D eigenvalue weighted by atomic mass is 10.3. The second kappa shape index (κ2) is 13.5. The van der Waals surface area contributed by atoms with Crippen LogP contribution in [0.1, 0.15) is 26.2 Å². The van der Waals surface area contributed by atoms with Crippen molar-refractivity contribution < 1.29 is 23.7 Å². The molecule has 0 aliphatic heterocycles. The third kappa shape index (κ3) is 10.1. The molecule has 25 heavy (non-hydrogen) atoms. The van der Waals surface area contributed by atoms with Crippen molar-refractivity contribution in [2.75, 3.05) is 39.6 Å². The first-order valence-corrected chi connectivity index (χ1v) is 9.26. The Morgan fingerprint density at radius 1 is 0.880 bits per heavy atom. The fourth-order valence-electron chi connectivity index (χ4n) is 1.71. The standard InChI is InChI=1S/C17H23Cl3O5/c1-2-3-5-22-8-9-23-6-4-7-24-17(21)12-25-16-11-14(19)13(18)10-15(16)20/h10-11H,2-9,12H2,1H3. The minimum atomic E-state index is -0.495. The van der Waals surface area contributed by atoms with Gasteiger partial charge in [-0.05, 0) is 12.5 Å². The van der Waals surface area contributed by atoms with Gasteiger partial charge in [-0.2, -0.15) is 0 Å². The summed E-state index contributed by atoms with van der Waals surface area (Å²) < 4.78 is 21.1. The van der Waals surface area contributed by atoms with Gasteiger partial charge in [0.1, 0.15) is 5.75 Å². The van der Waals surface area contributed by atoms with E-state index in [0.29, 0.717) is 36.3 Å². The fourth-order valence-corrected chi connectivity index (χ4v) is 2.30. The molecule has 0 aliphatic carbocycles. The van der Waals surface area contributed by atoms with Crippen molar-refractivity contribution in [1.29, 1.82) is 0 Å². The van der Waals surface area contributed by atoms with E-state index >= 15 is 0 Å². The SMILES string of the molecule is CCCCOCCOCCCOC(=O)COc1cc(Cl)c(Cl)cc1Cl. The van der Waals surface area contributed by atoms with Crippen LogP contribution in [0.15, 0.2) is 12.1 Å². The Labute approximate surface area is 163 Å². The lowest BCUT2D eigenvalue weighted by Crippen LogP contribution is -2.16. The molecule has 1 rings (SSSR count). The number of unbranched alkanes of at least 4 members (excludes halogenated alkanes) is 1. The van der Waals surface area contributed by atoms with Crippen molar-refractivity contribution in [3.8, 4) is 5.75 Å². The molecule has 0 fully saturated rings. The van der Waals surface area contributed by atoms with E-state index in [9.17, 15) is 4.79 Å². The summed E-state index contributed by atoms with van der Waals surface area (Å²) in [5, 5.41) is 0.888. The van der Waals surface area contributed by atoms with Crippen LogP contribution in [-0.2, 0) is 19.0 Å². The van der Waals surface area contributed by atoms with Gasteiger partial charge in [-0.15, -0.1) is 0 Å². The zero-order chi connectivity index (χ0) is 18.5. The molecule has 0 amide bonds. The molecule has 0 N–H and O–H groups in total. The molecule has 0 aromatic heterocycles. The zero-order valence-electron chi connectivity index (χ0n) is 14.2. The van der Waals surface area contributed by atoms with E-state index in [4.69, 9.17) is 53.8 Å². The van der Waals surface area contributed by atoms with E-state index in [1.54, 1.807) is 0 Å². The van der Waals surface area contributed by atoms with Crippen molar-refractivity contribution in [3.63, 3.8) is 0 Å². The zero-order valence-corrected chi connectivity index (χ0v) is 16.5. The molecule has 1 aromatic rings. The molecule has 0 heterocycles. The first kappa shape index (κ1) is 22.3. The smallest absolute Gasteiger partial charge is 0.344 e. The average Bonchev–Trinajstić information content (AvgIpc) is 2.58. The van der Waals surface area contributed by atoms with Crippen LogP contribution in [0.3, 0.4) is 0 Å². The number of halogens is 3. The van der Waals surface area contributed by atoms with Gasteiger partial charge in [0.25, 0.3) is 0 Å². The summed E-state index contributed by atoms with van der Waals surface area (Å²) in [4.78, 5) is 11.6. The molecule has 0 radical (unpaired) electrons. The Morgan fingerprint density at radius 2 is 1.52 bits per heavy atom. The highest BCUT2D eigenvalue weighted by Gasteiger charge is 2.10. The molecule has 0 aliphatic rings. The lowest BCUT2D eigenvalue weighted by molar-refractivity contribution is -0.146. The summed E-state index contributed by atoms with van der Waals surface area (Å²) in [5.41, 5.74) is 0. The van der Waals surface area contributed by atoms with Crippen LogP contribution in [0.2, 0.25) is 15.1 Å². The molecule has 0 bridgehead atoms. The van der Waals surface area contributed by atoms with Crippen LogP contribution < -0.4 is 4.74 Å². The molecule has 0 atom stereocenters. The molecule has 5 nitrogen and oxygen atoms in total. The van der Waals surface area contributed by atoms with Crippen LogP contribution in [0, 0.1) is 0 Å². The first-order chi connectivity index (χ1) is 12.0. The summed E-state index contributed by atoms with van der Waals surface area (Å²) in [6.07, 6.45) is 2.78. The number of hydrogen-bond donors (Lipinski definition) is 0. The predicted octanol–water partition coefficient (Wildman–Crippen LogP) is 4.79. The van der Waals surface area contributed by atoms with Crippen molar-refractivity contribution in [2.24, 2.45) is 0 Å². The maximum absolute atomic E-state index is 11.6. The van der Waals surface area contributed by atoms with Crippen molar-refractivity contribution in [1.82, 2.24) is 0 Å². The molecule has 142 valence electrons. The predicted molar refractivity (Wildman–Crippen MR) is 99.1 cm³/mol. The summed E-state index contributed by atoms with van der Waals surface area (Å²) >= 11 is 17.6. The van der Waals surface area contributed by atoms with Gasteiger partial charge in [0, 0.05) is 25.7 Å². The molecule has 0 saturated carbocycles. The van der Waals surface area contributed by atoms with Gasteiger partial charge in [0.2, 0.25) is 0 Å². The van der Waals surface area contributed by atoms with Crippen LogP contribution >= 0.6 is 34.8 Å². The minimum Gasteiger partial charge on any atom is -0.480 e. The van der Waals surface area contributed by atoms with E-state index in [-0.39, 0.29) is 24.0 Å². The molecule has 1 aromatic carbocycles. The highest BCUT2D eigenvalue weighted by molar-refractivity contribution is 6.43. The summed E-state index contributed by atoms with van der Waals surface area (Å²) in [6, 6.07) is 2.91. The average molecular weight is 414 g/mol. The third-order valence-corrected chi connectivity index (χ3v) is 4.05. The van der Waals surface area contributed by atoms with Crippen molar-refractivity contribution in [2.45, 2.75) is 26.2 Å². The summed E-state index contributed by atoms with van der Waals surface area (Å²) in [7, 11) is 0. The third-order valence-electron chi connectivity index (χ3n) is 3.03. The molecule has 0 spiro atoms. The van der Waals surface area contributed by atoms with Gasteiger partial charge in [-0.1, -0.05) is 48.1 Å². The number of rotatable bonds is 13. The Morgan fingerprint density at radius 3 is 2.20 bits per heavy atom. The first-order valence-electron chi connectivity index (χ1n) is 8.13. The molecule has 0 saturated heterocycles. The van der Waals surface area contributed by atoms with Gasteiger partial charge in [0.15, 0.2) is 6.61 Å². The quantitative estimate of drug-likeness (QED) is 0.264. The van der Waals surface area contributed by atoms with Gasteiger partial charge < -0.3 is 18.9 Å². The normalized spacial score (nSPS) is 10.7. The van der Waals surface area contributed by atoms with E-state index in [2.05, 4.69) is 6.92 Å². The van der Waals surface area contributed by atoms with Crippen LogP contribution in [-0.4, -0.2) is 45.6 Å². The van der Waals surface area contributed by atoms with Gasteiger partial charge >= 0.3 is 5.97 Å². The number of hydrogen-bond acceptors (Lipinski definition) is 5. The summed E-state index contributed by atoms with van der Waals surface area (Å²) in [6.45, 7) is 4.50. The Kier molecular flexibility index (Phi) is 12.0. The molecule has 8 heteroatoms. The lowest BCUT2D eigenvalue weighted by Gasteiger charge is -2.09. The minimum absolute atomic E-state index is 0.258. The number of carbonyl (C=O) groups is 1. The van der Waals surface area contributed by atoms with Crippen molar-refractivity contribution >= 4 is 40.8 Å². The van der Waals surface area contributed by atoms with Crippen LogP contribution in [0.4, 0.5) is 0 Å². The Bertz CT molecular complexity index is 525. The highest BCUT2D eigenvalue weighted by Crippen LogP contribution is 2.33. The number of ether oxygens (including phenoxy) is 4. The molecular formula is C17H23Cl3O5. The second-order valence-corrected chi connectivity index (χ2v) is 6.36. The van der Waals surface area contributed by atoms with E-state index in [1.807, 2.05) is 0 Å². The second-order valence-electron chi connectivity index (χ2n) is 5.14. The van der Waals surface area contributed by atoms with Gasteiger partial charge in [-0.25, -0.2) is 4.79 Å². The Hall–Kier alpha value is -0.720. The highest BCUT2D eigenvalue weighted by atomic mass is 35.5.